The zero-order valence-corrected chi connectivity index (χ0v) is 17.4. The van der Waals surface area contributed by atoms with Crippen molar-refractivity contribution in [2.24, 2.45) is 0 Å². The number of carbonyl (C=O) groups excluding carboxylic acids is 2. The summed E-state index contributed by atoms with van der Waals surface area (Å²) in [6, 6.07) is 5.54. The molecule has 2 aromatic rings. The minimum atomic E-state index is -4.42. The third-order valence-corrected chi connectivity index (χ3v) is 5.00. The summed E-state index contributed by atoms with van der Waals surface area (Å²) >= 11 is 1.87. The Labute approximate surface area is 173 Å². The Hall–Kier alpha value is -2.52. The summed E-state index contributed by atoms with van der Waals surface area (Å²) in [4.78, 5) is 31.4. The Balaban J connectivity index is 2.21. The van der Waals surface area contributed by atoms with Crippen molar-refractivity contribution >= 4 is 50.6 Å². The maximum absolute atomic E-state index is 12.5. The fraction of sp³-hybridized carbons (Fsp3) is 0.200. The fourth-order valence-corrected chi connectivity index (χ4v) is 3.55. The van der Waals surface area contributed by atoms with Crippen molar-refractivity contribution in [1.82, 2.24) is 14.7 Å². The molecule has 0 spiro atoms. The monoisotopic (exact) mass is 522 g/mol. The molecule has 0 aliphatic carbocycles. The van der Waals surface area contributed by atoms with Crippen LogP contribution in [0.15, 0.2) is 35.2 Å². The molecule has 2 amide bonds. The van der Waals surface area contributed by atoms with Crippen molar-refractivity contribution in [1.29, 1.82) is 0 Å². The van der Waals surface area contributed by atoms with Crippen LogP contribution in [0.2, 0.25) is 0 Å². The van der Waals surface area contributed by atoms with E-state index in [0.717, 1.165) is 6.07 Å². The molecule has 1 aromatic heterocycles. The summed E-state index contributed by atoms with van der Waals surface area (Å²) in [6.07, 6.45) is 0. The summed E-state index contributed by atoms with van der Waals surface area (Å²) in [5, 5.41) is 10.9. The number of nitrogens with zero attached hydrogens (tertiary/aromatic N) is 2. The second kappa shape index (κ2) is 9.61. The number of urea groups is 1. The highest BCUT2D eigenvalue weighted by Gasteiger charge is 2.25. The highest BCUT2D eigenvalue weighted by Crippen LogP contribution is 2.17. The number of esters is 1. The number of aliphatic hydroxyl groups excluding tert-OH is 1. The van der Waals surface area contributed by atoms with Gasteiger partial charge in [0.15, 0.2) is 0 Å². The van der Waals surface area contributed by atoms with Crippen molar-refractivity contribution in [3.05, 3.63) is 39.6 Å². The van der Waals surface area contributed by atoms with E-state index < -0.39 is 33.5 Å². The Morgan fingerprint density at radius 3 is 2.64 bits per heavy atom. The standard InChI is InChI=1S/C15H15IN4O7S/c1-26-12-8-11(16)17-14(18-12)19-15(23)20-28(24,25)10-5-3-2-4-9(10)13(22)27-7-6-21/h2-5,8,21H,6-7H2,1H3,(H2,17,18,19,20,23). The van der Waals surface area contributed by atoms with Crippen LogP contribution in [0.4, 0.5) is 10.7 Å². The van der Waals surface area contributed by atoms with Gasteiger partial charge in [0.1, 0.15) is 15.2 Å². The minimum absolute atomic E-state index is 0.174. The number of sulfonamides is 1. The number of hydrogen-bond donors (Lipinski definition) is 3. The summed E-state index contributed by atoms with van der Waals surface area (Å²) in [5.74, 6) is -0.956. The predicted molar refractivity (Wildman–Crippen MR) is 104 cm³/mol. The van der Waals surface area contributed by atoms with Gasteiger partial charge in [0, 0.05) is 6.07 Å². The predicted octanol–water partition coefficient (Wildman–Crippen LogP) is 0.749. The number of aromatic nitrogens is 2. The molecule has 0 unspecified atom stereocenters. The van der Waals surface area contributed by atoms with Crippen LogP contribution in [0, 0.1) is 3.70 Å². The fourth-order valence-electron chi connectivity index (χ4n) is 1.95. The highest BCUT2D eigenvalue weighted by atomic mass is 127. The van der Waals surface area contributed by atoms with E-state index >= 15 is 0 Å². The topological polar surface area (TPSA) is 157 Å². The van der Waals surface area contributed by atoms with E-state index in [1.807, 2.05) is 22.6 Å². The number of nitrogens with one attached hydrogen (secondary N) is 2. The van der Waals surface area contributed by atoms with E-state index in [9.17, 15) is 18.0 Å². The number of ether oxygens (including phenoxy) is 2. The van der Waals surface area contributed by atoms with Crippen molar-refractivity contribution < 1.29 is 32.6 Å². The van der Waals surface area contributed by atoms with Crippen LogP contribution >= 0.6 is 22.6 Å². The Morgan fingerprint density at radius 1 is 1.25 bits per heavy atom. The molecule has 0 atom stereocenters. The first-order chi connectivity index (χ1) is 13.3. The summed E-state index contributed by atoms with van der Waals surface area (Å²) < 4.78 is 37.0. The normalized spacial score (nSPS) is 10.8. The second-order valence-corrected chi connectivity index (χ2v) is 7.73. The number of benzene rings is 1. The number of aliphatic hydroxyl groups is 1. The minimum Gasteiger partial charge on any atom is -0.481 e. The number of rotatable bonds is 7. The van der Waals surface area contributed by atoms with Gasteiger partial charge in [-0.2, -0.15) is 4.98 Å². The Bertz CT molecular complexity index is 984. The molecule has 28 heavy (non-hydrogen) atoms. The molecule has 0 radical (unpaired) electrons. The smallest absolute Gasteiger partial charge is 0.339 e. The van der Waals surface area contributed by atoms with Crippen LogP contribution in [0.3, 0.4) is 0 Å². The van der Waals surface area contributed by atoms with Crippen LogP contribution in [0.5, 0.6) is 5.88 Å². The van der Waals surface area contributed by atoms with Crippen molar-refractivity contribution in [3.8, 4) is 5.88 Å². The van der Waals surface area contributed by atoms with Gasteiger partial charge in [-0.15, -0.1) is 0 Å². The van der Waals surface area contributed by atoms with Crippen molar-refractivity contribution in [2.45, 2.75) is 4.90 Å². The van der Waals surface area contributed by atoms with Gasteiger partial charge < -0.3 is 14.6 Å². The van der Waals surface area contributed by atoms with E-state index in [1.165, 1.54) is 31.4 Å². The summed E-state index contributed by atoms with van der Waals surface area (Å²) in [7, 11) is -3.05. The zero-order valence-electron chi connectivity index (χ0n) is 14.4. The van der Waals surface area contributed by atoms with Gasteiger partial charge in [-0.3, -0.25) is 5.32 Å². The summed E-state index contributed by atoms with van der Waals surface area (Å²) in [5.41, 5.74) is -0.288. The number of anilines is 1. The molecule has 0 saturated carbocycles. The lowest BCUT2D eigenvalue weighted by molar-refractivity contribution is 0.0429. The molecule has 0 aliphatic rings. The van der Waals surface area contributed by atoms with Gasteiger partial charge in [-0.05, 0) is 34.7 Å². The molecule has 0 saturated heterocycles. The molecule has 3 N–H and O–H groups in total. The largest absolute Gasteiger partial charge is 0.481 e. The molecule has 150 valence electrons. The summed E-state index contributed by atoms with van der Waals surface area (Å²) in [6.45, 7) is -0.715. The third kappa shape index (κ3) is 5.74. The number of halogens is 1. The quantitative estimate of drug-likeness (QED) is 0.271. The molecule has 0 bridgehead atoms. The van der Waals surface area contributed by atoms with Crippen molar-refractivity contribution in [3.63, 3.8) is 0 Å². The van der Waals surface area contributed by atoms with E-state index in [1.54, 1.807) is 4.72 Å². The van der Waals surface area contributed by atoms with E-state index in [4.69, 9.17) is 14.6 Å². The van der Waals surface area contributed by atoms with Crippen LogP contribution in [-0.4, -0.2) is 55.8 Å². The average molecular weight is 522 g/mol. The van der Waals surface area contributed by atoms with Crippen molar-refractivity contribution in [2.75, 3.05) is 25.6 Å². The molecular weight excluding hydrogens is 507 g/mol. The molecule has 1 heterocycles. The van der Waals surface area contributed by atoms with E-state index in [0.29, 0.717) is 3.70 Å². The van der Waals surface area contributed by atoms with Gasteiger partial charge in [0.2, 0.25) is 11.8 Å². The highest BCUT2D eigenvalue weighted by molar-refractivity contribution is 14.1. The second-order valence-electron chi connectivity index (χ2n) is 4.97. The molecular formula is C15H15IN4O7S. The number of methoxy groups -OCH3 is 1. The van der Waals surface area contributed by atoms with Crippen LogP contribution < -0.4 is 14.8 Å². The SMILES string of the molecule is COc1cc(I)nc(NC(=O)NS(=O)(=O)c2ccccc2C(=O)OCCO)n1. The van der Waals surface area contributed by atoms with Crippen LogP contribution in [-0.2, 0) is 14.8 Å². The lowest BCUT2D eigenvalue weighted by atomic mass is 10.2. The average Bonchev–Trinajstić information content (AvgIpc) is 2.65. The van der Waals surface area contributed by atoms with Gasteiger partial charge >= 0.3 is 12.0 Å². The van der Waals surface area contributed by atoms with E-state index in [2.05, 4.69) is 15.3 Å². The molecule has 0 aliphatic heterocycles. The Kier molecular flexibility index (Phi) is 7.47. The molecule has 0 fully saturated rings. The first-order valence-electron chi connectivity index (χ1n) is 7.56. The molecule has 13 heteroatoms. The molecule has 11 nitrogen and oxygen atoms in total. The van der Waals surface area contributed by atoms with Gasteiger partial charge in [0.05, 0.1) is 19.3 Å². The first-order valence-corrected chi connectivity index (χ1v) is 10.1. The van der Waals surface area contributed by atoms with Crippen LogP contribution in [0.25, 0.3) is 0 Å². The maximum atomic E-state index is 12.5. The van der Waals surface area contributed by atoms with E-state index in [-0.39, 0.29) is 24.0 Å². The zero-order chi connectivity index (χ0) is 20.7. The lowest BCUT2D eigenvalue weighted by Crippen LogP contribution is -2.35. The Morgan fingerprint density at radius 2 is 1.96 bits per heavy atom. The number of hydrogen-bond acceptors (Lipinski definition) is 9. The van der Waals surface area contributed by atoms with Crippen LogP contribution in [0.1, 0.15) is 10.4 Å². The third-order valence-electron chi connectivity index (χ3n) is 3.05. The molecule has 2 rings (SSSR count). The van der Waals surface area contributed by atoms with Gasteiger partial charge in [-0.1, -0.05) is 12.1 Å². The lowest BCUT2D eigenvalue weighted by Gasteiger charge is -2.11. The van der Waals surface area contributed by atoms with Gasteiger partial charge in [-0.25, -0.2) is 27.7 Å². The first kappa shape index (κ1) is 21.8. The maximum Gasteiger partial charge on any atom is 0.339 e. The number of carbonyl (C=O) groups is 2. The number of amides is 2. The molecule has 1 aromatic carbocycles. The van der Waals surface area contributed by atoms with Gasteiger partial charge in [0.25, 0.3) is 10.0 Å².